The Hall–Kier alpha value is -2.56. The van der Waals surface area contributed by atoms with Gasteiger partial charge in [0.2, 0.25) is 5.56 Å². The van der Waals surface area contributed by atoms with E-state index in [0.717, 1.165) is 24.5 Å². The molecule has 0 aliphatic heterocycles. The number of benzene rings is 1. The van der Waals surface area contributed by atoms with Crippen LogP contribution in [0.25, 0.3) is 0 Å². The van der Waals surface area contributed by atoms with Gasteiger partial charge < -0.3 is 14.8 Å². The summed E-state index contributed by atoms with van der Waals surface area (Å²) in [5.41, 5.74) is 2.18. The largest absolute Gasteiger partial charge is 0.372 e. The zero-order valence-corrected chi connectivity index (χ0v) is 13.2. The van der Waals surface area contributed by atoms with E-state index in [1.165, 1.54) is 22.9 Å². The van der Waals surface area contributed by atoms with E-state index in [9.17, 15) is 9.59 Å². The molecule has 116 valence electrons. The van der Waals surface area contributed by atoms with Gasteiger partial charge in [0.15, 0.2) is 0 Å². The summed E-state index contributed by atoms with van der Waals surface area (Å²) in [5, 5.41) is 2.83. The van der Waals surface area contributed by atoms with E-state index >= 15 is 0 Å². The summed E-state index contributed by atoms with van der Waals surface area (Å²) < 4.78 is 1.39. The lowest BCUT2D eigenvalue weighted by atomic mass is 10.2. The Labute approximate surface area is 130 Å². The SMILES string of the molecule is CCN(CC)c1ccc(NC(=O)c2ccc(=O)n(C)c2)cc1. The number of pyridine rings is 1. The Balaban J connectivity index is 2.11. The van der Waals surface area contributed by atoms with Gasteiger partial charge in [-0.25, -0.2) is 0 Å². The molecule has 0 saturated carbocycles. The molecule has 0 spiro atoms. The van der Waals surface area contributed by atoms with E-state index in [4.69, 9.17) is 0 Å². The van der Waals surface area contributed by atoms with Gasteiger partial charge in [0.25, 0.3) is 5.91 Å². The summed E-state index contributed by atoms with van der Waals surface area (Å²) in [6, 6.07) is 10.7. The van der Waals surface area contributed by atoms with Crippen LogP contribution in [0.4, 0.5) is 11.4 Å². The first-order chi connectivity index (χ1) is 10.5. The normalized spacial score (nSPS) is 10.3. The first-order valence-corrected chi connectivity index (χ1v) is 7.38. The molecule has 0 bridgehead atoms. The smallest absolute Gasteiger partial charge is 0.257 e. The Morgan fingerprint density at radius 3 is 2.27 bits per heavy atom. The molecule has 1 heterocycles. The van der Waals surface area contributed by atoms with Gasteiger partial charge in [-0.1, -0.05) is 0 Å². The molecule has 0 radical (unpaired) electrons. The molecule has 0 fully saturated rings. The third kappa shape index (κ3) is 3.55. The molecule has 0 aliphatic carbocycles. The zero-order chi connectivity index (χ0) is 16.1. The molecule has 0 aliphatic rings. The molecule has 0 unspecified atom stereocenters. The predicted octanol–water partition coefficient (Wildman–Crippen LogP) is 2.48. The Kier molecular flexibility index (Phi) is 4.99. The number of hydrogen-bond donors (Lipinski definition) is 1. The molecule has 22 heavy (non-hydrogen) atoms. The minimum atomic E-state index is -0.230. The van der Waals surface area contributed by atoms with Gasteiger partial charge in [-0.05, 0) is 44.2 Å². The van der Waals surface area contributed by atoms with Gasteiger partial charge in [0, 0.05) is 43.8 Å². The highest BCUT2D eigenvalue weighted by atomic mass is 16.2. The van der Waals surface area contributed by atoms with Crippen LogP contribution in [-0.2, 0) is 7.05 Å². The Morgan fingerprint density at radius 1 is 1.09 bits per heavy atom. The molecule has 0 saturated heterocycles. The number of nitrogens with zero attached hydrogens (tertiary/aromatic N) is 2. The summed E-state index contributed by atoms with van der Waals surface area (Å²) in [4.78, 5) is 25.7. The van der Waals surface area contributed by atoms with E-state index in [-0.39, 0.29) is 11.5 Å². The third-order valence-electron chi connectivity index (χ3n) is 3.60. The van der Waals surface area contributed by atoms with Gasteiger partial charge in [-0.3, -0.25) is 9.59 Å². The minimum absolute atomic E-state index is 0.139. The molecule has 5 nitrogen and oxygen atoms in total. The van der Waals surface area contributed by atoms with Crippen molar-refractivity contribution in [1.82, 2.24) is 4.57 Å². The zero-order valence-electron chi connectivity index (χ0n) is 13.2. The van der Waals surface area contributed by atoms with E-state index in [1.54, 1.807) is 7.05 Å². The fourth-order valence-corrected chi connectivity index (χ4v) is 2.28. The molecule has 1 aromatic heterocycles. The molecule has 1 N–H and O–H groups in total. The van der Waals surface area contributed by atoms with Crippen LogP contribution in [0.1, 0.15) is 24.2 Å². The second kappa shape index (κ2) is 6.93. The molecule has 0 atom stereocenters. The number of aryl methyl sites for hydroxylation is 1. The van der Waals surface area contributed by atoms with E-state index in [1.807, 2.05) is 24.3 Å². The number of carbonyl (C=O) groups excluding carboxylic acids is 1. The van der Waals surface area contributed by atoms with Crippen molar-refractivity contribution in [1.29, 1.82) is 0 Å². The van der Waals surface area contributed by atoms with Gasteiger partial charge in [-0.2, -0.15) is 0 Å². The van der Waals surface area contributed by atoms with Crippen molar-refractivity contribution in [2.75, 3.05) is 23.3 Å². The third-order valence-corrected chi connectivity index (χ3v) is 3.60. The highest BCUT2D eigenvalue weighted by Gasteiger charge is 2.08. The summed E-state index contributed by atoms with van der Waals surface area (Å²) in [5.74, 6) is -0.230. The van der Waals surface area contributed by atoms with Crippen molar-refractivity contribution in [3.63, 3.8) is 0 Å². The monoisotopic (exact) mass is 299 g/mol. The van der Waals surface area contributed by atoms with Crippen molar-refractivity contribution in [2.45, 2.75) is 13.8 Å². The predicted molar refractivity (Wildman–Crippen MR) is 89.6 cm³/mol. The second-order valence-corrected chi connectivity index (χ2v) is 5.04. The lowest BCUT2D eigenvalue weighted by Crippen LogP contribution is -2.22. The van der Waals surface area contributed by atoms with E-state index in [2.05, 4.69) is 24.1 Å². The lowest BCUT2D eigenvalue weighted by Gasteiger charge is -2.21. The summed E-state index contributed by atoms with van der Waals surface area (Å²) in [6.45, 7) is 6.11. The fraction of sp³-hybridized carbons (Fsp3) is 0.294. The maximum atomic E-state index is 12.2. The van der Waals surface area contributed by atoms with Crippen LogP contribution in [0.5, 0.6) is 0 Å². The number of rotatable bonds is 5. The van der Waals surface area contributed by atoms with Gasteiger partial charge in [0.1, 0.15) is 0 Å². The van der Waals surface area contributed by atoms with Crippen molar-refractivity contribution in [3.05, 3.63) is 58.5 Å². The number of carbonyl (C=O) groups is 1. The van der Waals surface area contributed by atoms with Gasteiger partial charge in [0.05, 0.1) is 5.56 Å². The number of anilines is 2. The van der Waals surface area contributed by atoms with Gasteiger partial charge in [-0.15, -0.1) is 0 Å². The highest BCUT2D eigenvalue weighted by Crippen LogP contribution is 2.18. The molecule has 2 aromatic rings. The van der Waals surface area contributed by atoms with Crippen LogP contribution >= 0.6 is 0 Å². The van der Waals surface area contributed by atoms with Crippen molar-refractivity contribution in [2.24, 2.45) is 7.05 Å². The van der Waals surface area contributed by atoms with Crippen LogP contribution in [0.3, 0.4) is 0 Å². The van der Waals surface area contributed by atoms with Crippen LogP contribution in [-0.4, -0.2) is 23.6 Å². The standard InChI is InChI=1S/C17H21N3O2/c1-4-20(5-2)15-9-7-14(8-10-15)18-17(22)13-6-11-16(21)19(3)12-13/h6-12H,4-5H2,1-3H3,(H,18,22). The fourth-order valence-electron chi connectivity index (χ4n) is 2.28. The van der Waals surface area contributed by atoms with Gasteiger partial charge >= 0.3 is 0 Å². The van der Waals surface area contributed by atoms with Crippen molar-refractivity contribution in [3.8, 4) is 0 Å². The molecule has 1 aromatic carbocycles. The molecular weight excluding hydrogens is 278 g/mol. The van der Waals surface area contributed by atoms with E-state index in [0.29, 0.717) is 5.56 Å². The number of aromatic nitrogens is 1. The van der Waals surface area contributed by atoms with Crippen LogP contribution in [0.2, 0.25) is 0 Å². The second-order valence-electron chi connectivity index (χ2n) is 5.04. The molecule has 5 heteroatoms. The minimum Gasteiger partial charge on any atom is -0.372 e. The van der Waals surface area contributed by atoms with Crippen molar-refractivity contribution < 1.29 is 4.79 Å². The average Bonchev–Trinajstić information content (AvgIpc) is 2.52. The Bertz CT molecular complexity index is 701. The van der Waals surface area contributed by atoms with Crippen LogP contribution in [0.15, 0.2) is 47.4 Å². The maximum absolute atomic E-state index is 12.2. The van der Waals surface area contributed by atoms with Crippen LogP contribution < -0.4 is 15.8 Å². The number of hydrogen-bond acceptors (Lipinski definition) is 3. The summed E-state index contributed by atoms with van der Waals surface area (Å²) in [7, 11) is 1.62. The number of nitrogens with one attached hydrogen (secondary N) is 1. The van der Waals surface area contributed by atoms with E-state index < -0.39 is 0 Å². The number of amides is 1. The quantitative estimate of drug-likeness (QED) is 0.923. The lowest BCUT2D eigenvalue weighted by molar-refractivity contribution is 0.102. The summed E-state index contributed by atoms with van der Waals surface area (Å²) in [6.07, 6.45) is 1.53. The maximum Gasteiger partial charge on any atom is 0.257 e. The Morgan fingerprint density at radius 2 is 1.73 bits per heavy atom. The first kappa shape index (κ1) is 15.8. The first-order valence-electron chi connectivity index (χ1n) is 7.38. The average molecular weight is 299 g/mol. The summed E-state index contributed by atoms with van der Waals surface area (Å²) >= 11 is 0. The molecule has 2 rings (SSSR count). The van der Waals surface area contributed by atoms with Crippen LogP contribution in [0, 0.1) is 0 Å². The molecule has 1 amide bonds. The van der Waals surface area contributed by atoms with Crippen molar-refractivity contribution >= 4 is 17.3 Å². The molecular formula is C17H21N3O2. The topological polar surface area (TPSA) is 54.3 Å². The highest BCUT2D eigenvalue weighted by molar-refractivity contribution is 6.04.